The van der Waals surface area contributed by atoms with E-state index in [0.29, 0.717) is 29.9 Å². The molecule has 0 saturated heterocycles. The average Bonchev–Trinajstić information content (AvgIpc) is 2.61. The molecule has 3 rings (SSSR count). The van der Waals surface area contributed by atoms with Crippen molar-refractivity contribution in [3.8, 4) is 0 Å². The third kappa shape index (κ3) is 4.04. The van der Waals surface area contributed by atoms with Crippen LogP contribution in [0, 0.1) is 5.92 Å². The van der Waals surface area contributed by atoms with Crippen molar-refractivity contribution in [3.63, 3.8) is 0 Å². The fraction of sp³-hybridized carbons (Fsp3) is 0.368. The second-order valence-electron chi connectivity index (χ2n) is 6.09. The molecule has 0 bridgehead atoms. The minimum Gasteiger partial charge on any atom is -0.496 e. The van der Waals surface area contributed by atoms with E-state index in [1.165, 1.54) is 12.3 Å². The predicted molar refractivity (Wildman–Crippen MR) is 93.1 cm³/mol. The van der Waals surface area contributed by atoms with E-state index in [-0.39, 0.29) is 30.5 Å². The molecule has 5 nitrogen and oxygen atoms in total. The lowest BCUT2D eigenvalue weighted by Gasteiger charge is -2.37. The first-order valence-corrected chi connectivity index (χ1v) is 8.56. The van der Waals surface area contributed by atoms with E-state index in [1.807, 2.05) is 0 Å². The molecule has 1 heterocycles. The number of hydrogen-bond donors (Lipinski definition) is 0. The summed E-state index contributed by atoms with van der Waals surface area (Å²) >= 11 is 5.89. The molecule has 1 aromatic rings. The van der Waals surface area contributed by atoms with Gasteiger partial charge in [-0.1, -0.05) is 36.4 Å². The first-order valence-electron chi connectivity index (χ1n) is 8.18. The minimum absolute atomic E-state index is 0.0613. The highest BCUT2D eigenvalue weighted by molar-refractivity contribution is 6.30. The number of rotatable bonds is 4. The van der Waals surface area contributed by atoms with Crippen LogP contribution in [0.4, 0.5) is 4.79 Å². The zero-order valence-electron chi connectivity index (χ0n) is 13.7. The highest BCUT2D eigenvalue weighted by Crippen LogP contribution is 2.37. The Labute approximate surface area is 151 Å². The van der Waals surface area contributed by atoms with Gasteiger partial charge in [0, 0.05) is 11.4 Å². The van der Waals surface area contributed by atoms with Crippen LogP contribution in [0.2, 0.25) is 5.02 Å². The van der Waals surface area contributed by atoms with Gasteiger partial charge in [0.25, 0.3) is 0 Å². The maximum atomic E-state index is 12.8. The molecule has 132 valence electrons. The van der Waals surface area contributed by atoms with Crippen molar-refractivity contribution in [2.24, 2.45) is 5.92 Å². The number of benzene rings is 1. The lowest BCUT2D eigenvalue weighted by molar-refractivity contribution is -0.127. The normalized spacial score (nSPS) is 25.2. The van der Waals surface area contributed by atoms with E-state index in [1.54, 1.807) is 24.3 Å². The molecular weight excluding hydrogens is 344 g/mol. The van der Waals surface area contributed by atoms with Crippen molar-refractivity contribution in [2.45, 2.75) is 31.5 Å². The quantitative estimate of drug-likeness (QED) is 0.594. The van der Waals surface area contributed by atoms with Crippen molar-refractivity contribution < 1.29 is 23.8 Å². The number of Topliss-reactive ketones (excluding diaryl/α,β-unsaturated/α-hetero) is 1. The standard InChI is InChI=1S/C19H19ClO5/c1-2-9-23-19(22)25-14-7-8-15-17(10-14)24-11-16(18(15)21)12-3-5-13(20)6-4-12/h2-6,11,14-15,17H,1,7-10H2. The third-order valence-electron chi connectivity index (χ3n) is 4.44. The van der Waals surface area contributed by atoms with Crippen LogP contribution in [0.5, 0.6) is 0 Å². The SMILES string of the molecule is C=CCOC(=O)OC1CCC2C(=O)C(c3ccc(Cl)cc3)=COC2C1. The second kappa shape index (κ2) is 7.74. The fourth-order valence-electron chi connectivity index (χ4n) is 3.20. The molecule has 6 heteroatoms. The van der Waals surface area contributed by atoms with Gasteiger partial charge < -0.3 is 14.2 Å². The Balaban J connectivity index is 1.64. The zero-order valence-corrected chi connectivity index (χ0v) is 14.4. The predicted octanol–water partition coefficient (Wildman–Crippen LogP) is 4.16. The van der Waals surface area contributed by atoms with Crippen LogP contribution in [0.3, 0.4) is 0 Å². The molecule has 0 spiro atoms. The van der Waals surface area contributed by atoms with Crippen molar-refractivity contribution in [1.29, 1.82) is 0 Å². The summed E-state index contributed by atoms with van der Waals surface area (Å²) in [5.41, 5.74) is 1.35. The summed E-state index contributed by atoms with van der Waals surface area (Å²) < 4.78 is 15.9. The van der Waals surface area contributed by atoms with Gasteiger partial charge in [0.15, 0.2) is 5.78 Å². The van der Waals surface area contributed by atoms with Gasteiger partial charge in [-0.25, -0.2) is 4.79 Å². The maximum absolute atomic E-state index is 12.8. The topological polar surface area (TPSA) is 61.8 Å². The van der Waals surface area contributed by atoms with Crippen LogP contribution < -0.4 is 0 Å². The number of carbonyl (C=O) groups is 2. The van der Waals surface area contributed by atoms with Crippen molar-refractivity contribution in [3.05, 3.63) is 53.8 Å². The van der Waals surface area contributed by atoms with Crippen LogP contribution >= 0.6 is 11.6 Å². The summed E-state index contributed by atoms with van der Waals surface area (Å²) in [6.45, 7) is 3.59. The molecule has 2 aliphatic rings. The Hall–Kier alpha value is -2.27. The van der Waals surface area contributed by atoms with Gasteiger partial charge in [-0.2, -0.15) is 0 Å². The number of halogens is 1. The number of allylic oxidation sites excluding steroid dienone is 1. The molecule has 25 heavy (non-hydrogen) atoms. The number of fused-ring (bicyclic) bond motifs is 1. The smallest absolute Gasteiger partial charge is 0.496 e. The van der Waals surface area contributed by atoms with Crippen LogP contribution in [0.1, 0.15) is 24.8 Å². The number of carbonyl (C=O) groups excluding carboxylic acids is 2. The second-order valence-corrected chi connectivity index (χ2v) is 6.52. The van der Waals surface area contributed by atoms with Gasteiger partial charge in [-0.05, 0) is 30.5 Å². The molecule has 0 N–H and O–H groups in total. The van der Waals surface area contributed by atoms with Gasteiger partial charge in [0.1, 0.15) is 18.8 Å². The van der Waals surface area contributed by atoms with Crippen LogP contribution in [-0.4, -0.2) is 30.8 Å². The Morgan fingerprint density at radius 3 is 2.80 bits per heavy atom. The van der Waals surface area contributed by atoms with Crippen LogP contribution in [-0.2, 0) is 19.0 Å². The van der Waals surface area contributed by atoms with Gasteiger partial charge >= 0.3 is 6.16 Å². The number of ether oxygens (including phenoxy) is 3. The first-order chi connectivity index (χ1) is 12.1. The molecule has 0 radical (unpaired) electrons. The van der Waals surface area contributed by atoms with E-state index in [2.05, 4.69) is 6.58 Å². The monoisotopic (exact) mass is 362 g/mol. The highest BCUT2D eigenvalue weighted by atomic mass is 35.5. The maximum Gasteiger partial charge on any atom is 0.508 e. The van der Waals surface area contributed by atoms with Crippen LogP contribution in [0.15, 0.2) is 43.2 Å². The Morgan fingerprint density at radius 1 is 1.32 bits per heavy atom. The Bertz CT molecular complexity index is 694. The largest absolute Gasteiger partial charge is 0.508 e. The number of ketones is 1. The molecule has 0 amide bonds. The van der Waals surface area contributed by atoms with E-state index in [0.717, 1.165) is 5.56 Å². The van der Waals surface area contributed by atoms with Gasteiger partial charge in [0.05, 0.1) is 17.8 Å². The average molecular weight is 363 g/mol. The van der Waals surface area contributed by atoms with E-state index in [4.69, 9.17) is 25.8 Å². The minimum atomic E-state index is -0.720. The molecule has 0 aromatic heterocycles. The molecule has 3 unspecified atom stereocenters. The summed E-state index contributed by atoms with van der Waals surface area (Å²) in [4.78, 5) is 24.3. The van der Waals surface area contributed by atoms with E-state index < -0.39 is 6.16 Å². The number of hydrogen-bond acceptors (Lipinski definition) is 5. The lowest BCUT2D eigenvalue weighted by Crippen LogP contribution is -2.42. The summed E-state index contributed by atoms with van der Waals surface area (Å²) in [7, 11) is 0. The van der Waals surface area contributed by atoms with Gasteiger partial charge in [-0.15, -0.1) is 0 Å². The van der Waals surface area contributed by atoms with Gasteiger partial charge in [0.2, 0.25) is 0 Å². The van der Waals surface area contributed by atoms with Crippen molar-refractivity contribution >= 4 is 29.1 Å². The van der Waals surface area contributed by atoms with Gasteiger partial charge in [-0.3, -0.25) is 4.79 Å². The third-order valence-corrected chi connectivity index (χ3v) is 4.70. The Morgan fingerprint density at radius 2 is 2.08 bits per heavy atom. The summed E-state index contributed by atoms with van der Waals surface area (Å²) in [6, 6.07) is 7.10. The summed E-state index contributed by atoms with van der Waals surface area (Å²) in [5.74, 6) is -0.161. The summed E-state index contributed by atoms with van der Waals surface area (Å²) in [5, 5.41) is 0.618. The van der Waals surface area contributed by atoms with Crippen molar-refractivity contribution in [1.82, 2.24) is 0 Å². The van der Waals surface area contributed by atoms with E-state index >= 15 is 0 Å². The molecule has 1 fully saturated rings. The molecule has 3 atom stereocenters. The first kappa shape index (κ1) is 17.5. The lowest BCUT2D eigenvalue weighted by atomic mass is 9.78. The van der Waals surface area contributed by atoms with Crippen molar-refractivity contribution in [2.75, 3.05) is 6.61 Å². The molecule has 1 saturated carbocycles. The molecule has 1 aliphatic heterocycles. The molecular formula is C19H19ClO5. The molecule has 1 aliphatic carbocycles. The molecule has 1 aromatic carbocycles. The van der Waals surface area contributed by atoms with Crippen LogP contribution in [0.25, 0.3) is 5.57 Å². The highest BCUT2D eigenvalue weighted by Gasteiger charge is 2.41. The zero-order chi connectivity index (χ0) is 17.8. The summed E-state index contributed by atoms with van der Waals surface area (Å²) in [6.07, 6.45) is 3.36. The fourth-order valence-corrected chi connectivity index (χ4v) is 3.33. The Kier molecular flexibility index (Phi) is 5.43. The van der Waals surface area contributed by atoms with E-state index in [9.17, 15) is 9.59 Å².